The molecule has 1 nitrogen and oxygen atoms in total. The van der Waals surface area contributed by atoms with Gasteiger partial charge in [0.2, 0.25) is 0 Å². The number of benzene rings is 1. The lowest BCUT2D eigenvalue weighted by Crippen LogP contribution is -2.23. The van der Waals surface area contributed by atoms with Gasteiger partial charge in [0.1, 0.15) is 0 Å². The van der Waals surface area contributed by atoms with Crippen LogP contribution in [0, 0.1) is 6.42 Å². The maximum atomic E-state index is 2.46. The van der Waals surface area contributed by atoms with Crippen molar-refractivity contribution in [3.63, 3.8) is 0 Å². The minimum absolute atomic E-state index is 1.09. The lowest BCUT2D eigenvalue weighted by molar-refractivity contribution is 0.685. The monoisotopic (exact) mass is 218 g/mol. The zero-order chi connectivity index (χ0) is 11.8. The van der Waals surface area contributed by atoms with E-state index in [0.717, 1.165) is 6.54 Å². The van der Waals surface area contributed by atoms with Crippen LogP contribution in [-0.2, 0) is 0 Å². The summed E-state index contributed by atoms with van der Waals surface area (Å²) >= 11 is 0. The highest BCUT2D eigenvalue weighted by Crippen LogP contribution is 2.17. The molecular formula is C15H24N. The number of rotatable bonds is 7. The molecule has 0 spiro atoms. The lowest BCUT2D eigenvalue weighted by Gasteiger charge is -2.23. The molecule has 0 fully saturated rings. The molecule has 0 atom stereocenters. The van der Waals surface area contributed by atoms with E-state index in [1.807, 2.05) is 0 Å². The molecule has 0 aliphatic heterocycles. The van der Waals surface area contributed by atoms with Crippen molar-refractivity contribution in [2.24, 2.45) is 0 Å². The first kappa shape index (κ1) is 13.1. The second-order valence-electron chi connectivity index (χ2n) is 4.17. The predicted molar refractivity (Wildman–Crippen MR) is 72.9 cm³/mol. The zero-order valence-electron chi connectivity index (χ0n) is 10.9. The van der Waals surface area contributed by atoms with E-state index in [4.69, 9.17) is 0 Å². The van der Waals surface area contributed by atoms with Gasteiger partial charge in [0.25, 0.3) is 0 Å². The van der Waals surface area contributed by atoms with Crippen LogP contribution >= 0.6 is 0 Å². The van der Waals surface area contributed by atoms with Gasteiger partial charge in [-0.25, -0.2) is 0 Å². The van der Waals surface area contributed by atoms with Crippen LogP contribution < -0.4 is 4.90 Å². The molecule has 0 saturated heterocycles. The van der Waals surface area contributed by atoms with Crippen molar-refractivity contribution in [1.29, 1.82) is 0 Å². The second kappa shape index (κ2) is 7.32. The van der Waals surface area contributed by atoms with E-state index in [9.17, 15) is 0 Å². The van der Waals surface area contributed by atoms with Crippen molar-refractivity contribution in [1.82, 2.24) is 0 Å². The Morgan fingerprint density at radius 1 is 1.19 bits per heavy atom. The molecule has 1 rings (SSSR count). The zero-order valence-corrected chi connectivity index (χ0v) is 10.9. The van der Waals surface area contributed by atoms with Gasteiger partial charge in [-0.2, -0.15) is 0 Å². The van der Waals surface area contributed by atoms with Gasteiger partial charge < -0.3 is 4.90 Å². The summed E-state index contributed by atoms with van der Waals surface area (Å²) < 4.78 is 0. The van der Waals surface area contributed by atoms with Gasteiger partial charge in [0.15, 0.2) is 0 Å². The molecular weight excluding hydrogens is 194 g/mol. The van der Waals surface area contributed by atoms with Gasteiger partial charge in [0, 0.05) is 18.8 Å². The molecule has 1 radical (unpaired) electrons. The summed E-state index contributed by atoms with van der Waals surface area (Å²) in [7, 11) is 0. The Bertz CT molecular complexity index is 293. The smallest absolute Gasteiger partial charge is 0.0368 e. The highest BCUT2D eigenvalue weighted by Gasteiger charge is 2.03. The summed E-state index contributed by atoms with van der Waals surface area (Å²) in [6.07, 6.45) is 6.07. The van der Waals surface area contributed by atoms with Crippen molar-refractivity contribution in [3.05, 3.63) is 36.2 Å². The average Bonchev–Trinajstić information content (AvgIpc) is 2.35. The topological polar surface area (TPSA) is 3.24 Å². The predicted octanol–water partition coefficient (Wildman–Crippen LogP) is 4.28. The summed E-state index contributed by atoms with van der Waals surface area (Å²) in [5, 5.41) is 0. The largest absolute Gasteiger partial charge is 0.372 e. The summed E-state index contributed by atoms with van der Waals surface area (Å²) in [5.74, 6) is 0. The van der Waals surface area contributed by atoms with E-state index < -0.39 is 0 Å². The third kappa shape index (κ3) is 3.88. The van der Waals surface area contributed by atoms with Gasteiger partial charge in [-0.15, -0.1) is 0 Å². The van der Waals surface area contributed by atoms with Gasteiger partial charge >= 0.3 is 0 Å². The quantitative estimate of drug-likeness (QED) is 0.618. The van der Waals surface area contributed by atoms with Crippen LogP contribution in [0.5, 0.6) is 0 Å². The summed E-state index contributed by atoms with van der Waals surface area (Å²) in [6, 6.07) is 8.79. The van der Waals surface area contributed by atoms with E-state index in [1.165, 1.54) is 37.1 Å². The Kier molecular flexibility index (Phi) is 5.99. The molecule has 0 saturated carbocycles. The molecule has 16 heavy (non-hydrogen) atoms. The fourth-order valence-corrected chi connectivity index (χ4v) is 1.92. The average molecular weight is 218 g/mol. The van der Waals surface area contributed by atoms with Gasteiger partial charge in [-0.3, -0.25) is 0 Å². The van der Waals surface area contributed by atoms with Crippen LogP contribution in [0.15, 0.2) is 24.3 Å². The first-order valence-corrected chi connectivity index (χ1v) is 6.46. The van der Waals surface area contributed by atoms with Crippen molar-refractivity contribution in [2.45, 2.75) is 40.0 Å². The molecule has 0 bridgehead atoms. The first-order chi connectivity index (χ1) is 7.81. The Balaban J connectivity index is 2.62. The van der Waals surface area contributed by atoms with Crippen molar-refractivity contribution in [2.75, 3.05) is 18.0 Å². The number of hydrogen-bond donors (Lipinski definition) is 0. The van der Waals surface area contributed by atoms with Crippen LogP contribution in [0.25, 0.3) is 0 Å². The Hall–Kier alpha value is -0.980. The standard InChI is InChI=1S/C15H24N/c1-4-7-8-12-16(6-3)15-11-9-10-14(5-2)13-15/h5,9-11,13H,4,6-8,12H2,1-3H3. The lowest BCUT2D eigenvalue weighted by atomic mass is 10.1. The van der Waals surface area contributed by atoms with Crippen LogP contribution in [-0.4, -0.2) is 13.1 Å². The Morgan fingerprint density at radius 3 is 2.62 bits per heavy atom. The SMILES string of the molecule is C[CH]c1cccc(N(CC)CCCCC)c1. The van der Waals surface area contributed by atoms with Gasteiger partial charge in [0.05, 0.1) is 0 Å². The first-order valence-electron chi connectivity index (χ1n) is 6.46. The Labute approximate surface area is 100 Å². The van der Waals surface area contributed by atoms with E-state index in [-0.39, 0.29) is 0 Å². The number of nitrogens with zero attached hydrogens (tertiary/aromatic N) is 1. The second-order valence-corrected chi connectivity index (χ2v) is 4.17. The molecule has 0 unspecified atom stereocenters. The minimum Gasteiger partial charge on any atom is -0.372 e. The number of hydrogen-bond acceptors (Lipinski definition) is 1. The van der Waals surface area contributed by atoms with Crippen LogP contribution in [0.3, 0.4) is 0 Å². The fourth-order valence-electron chi connectivity index (χ4n) is 1.92. The van der Waals surface area contributed by atoms with Crippen molar-refractivity contribution in [3.8, 4) is 0 Å². The minimum atomic E-state index is 1.09. The maximum absolute atomic E-state index is 2.46. The number of unbranched alkanes of at least 4 members (excludes halogenated alkanes) is 2. The number of anilines is 1. The molecule has 0 heterocycles. The van der Waals surface area contributed by atoms with E-state index in [2.05, 4.69) is 56.4 Å². The van der Waals surface area contributed by atoms with Gasteiger partial charge in [-0.05, 0) is 37.5 Å². The van der Waals surface area contributed by atoms with Crippen LogP contribution in [0.2, 0.25) is 0 Å². The highest BCUT2D eigenvalue weighted by molar-refractivity contribution is 5.49. The summed E-state index contributed by atoms with van der Waals surface area (Å²) in [6.45, 7) is 8.85. The molecule has 89 valence electrons. The molecule has 1 heteroatoms. The van der Waals surface area contributed by atoms with Crippen LogP contribution in [0.1, 0.15) is 45.6 Å². The molecule has 1 aromatic rings. The molecule has 0 N–H and O–H groups in total. The van der Waals surface area contributed by atoms with Crippen LogP contribution in [0.4, 0.5) is 5.69 Å². The fraction of sp³-hybridized carbons (Fsp3) is 0.533. The third-order valence-corrected chi connectivity index (χ3v) is 2.98. The highest BCUT2D eigenvalue weighted by atomic mass is 15.1. The van der Waals surface area contributed by atoms with E-state index >= 15 is 0 Å². The normalized spacial score (nSPS) is 10.4. The molecule has 0 amide bonds. The molecule has 0 aromatic heterocycles. The molecule has 1 aromatic carbocycles. The van der Waals surface area contributed by atoms with Gasteiger partial charge in [-0.1, -0.05) is 38.8 Å². The molecule has 0 aliphatic carbocycles. The summed E-state index contributed by atoms with van der Waals surface area (Å²) in [4.78, 5) is 2.46. The summed E-state index contributed by atoms with van der Waals surface area (Å²) in [5.41, 5.74) is 2.67. The third-order valence-electron chi connectivity index (χ3n) is 2.98. The van der Waals surface area contributed by atoms with Crippen molar-refractivity contribution < 1.29 is 0 Å². The Morgan fingerprint density at radius 2 is 2.00 bits per heavy atom. The van der Waals surface area contributed by atoms with E-state index in [1.54, 1.807) is 0 Å². The molecule has 0 aliphatic rings. The van der Waals surface area contributed by atoms with Crippen molar-refractivity contribution >= 4 is 5.69 Å². The van der Waals surface area contributed by atoms with E-state index in [0.29, 0.717) is 0 Å². The maximum Gasteiger partial charge on any atom is 0.0368 e.